The minimum absolute atomic E-state index is 0.0650. The van der Waals surface area contributed by atoms with Crippen LogP contribution in [-0.2, 0) is 9.53 Å². The predicted molar refractivity (Wildman–Crippen MR) is 106 cm³/mol. The number of aromatic nitrogens is 3. The second-order valence-corrected chi connectivity index (χ2v) is 6.39. The number of hydrogen-bond acceptors (Lipinski definition) is 9. The Balaban J connectivity index is 2.00. The number of phenolic OH excluding ortho intramolecular Hbond substituents is 2. The van der Waals surface area contributed by atoms with Crippen LogP contribution in [0.5, 0.6) is 17.5 Å². The van der Waals surface area contributed by atoms with Crippen LogP contribution in [0, 0.1) is 0 Å². The zero-order valence-electron chi connectivity index (χ0n) is 16.0. The number of nitrogens with zero attached hydrogens (tertiary/aromatic N) is 3. The number of carbonyl (C=O) groups is 1. The number of para-hydroxylation sites is 2. The number of hydrogen-bond donors (Lipinski definition) is 3. The van der Waals surface area contributed by atoms with Crippen molar-refractivity contribution in [2.45, 2.75) is 12.7 Å². The number of aliphatic hydroxyl groups is 1. The third-order valence-corrected chi connectivity index (χ3v) is 3.86. The molecule has 0 aliphatic heterocycles. The fourth-order valence-electron chi connectivity index (χ4n) is 2.47. The Morgan fingerprint density at radius 1 is 1.00 bits per heavy atom. The first-order valence-electron chi connectivity index (χ1n) is 8.82. The number of benzene rings is 2. The average Bonchev–Trinajstić information content (AvgIpc) is 2.72. The van der Waals surface area contributed by atoms with Crippen molar-refractivity contribution in [3.05, 3.63) is 61.2 Å². The van der Waals surface area contributed by atoms with Gasteiger partial charge in [-0.1, -0.05) is 30.8 Å². The standard InChI is InChI=1S/C21H19N3O6/c1-3-17(27)30-21(2,28)12-29-20-23-18(13-8-4-6-10-15(13)25)22-19(24-20)14-9-5-7-11-16(14)26/h3-11,25-26,28H,1,12H2,2H3. The first-order valence-corrected chi connectivity index (χ1v) is 8.82. The van der Waals surface area contributed by atoms with Gasteiger partial charge in [0.15, 0.2) is 18.3 Å². The highest BCUT2D eigenvalue weighted by atomic mass is 16.7. The van der Waals surface area contributed by atoms with Gasteiger partial charge in [-0.3, -0.25) is 0 Å². The Bertz CT molecular complexity index is 1020. The third-order valence-electron chi connectivity index (χ3n) is 3.86. The molecule has 0 fully saturated rings. The van der Waals surface area contributed by atoms with E-state index in [2.05, 4.69) is 21.5 Å². The molecule has 9 heteroatoms. The summed E-state index contributed by atoms with van der Waals surface area (Å²) in [5, 5.41) is 30.5. The van der Waals surface area contributed by atoms with Crippen molar-refractivity contribution in [3.8, 4) is 40.3 Å². The molecule has 0 radical (unpaired) electrons. The van der Waals surface area contributed by atoms with Gasteiger partial charge in [0.05, 0.1) is 11.1 Å². The second-order valence-electron chi connectivity index (χ2n) is 6.39. The van der Waals surface area contributed by atoms with Gasteiger partial charge in [-0.15, -0.1) is 0 Å². The van der Waals surface area contributed by atoms with E-state index >= 15 is 0 Å². The van der Waals surface area contributed by atoms with Crippen molar-refractivity contribution in [2.24, 2.45) is 0 Å². The van der Waals surface area contributed by atoms with Gasteiger partial charge in [0.1, 0.15) is 11.5 Å². The van der Waals surface area contributed by atoms with Crippen LogP contribution < -0.4 is 4.74 Å². The maximum Gasteiger partial charge on any atom is 0.332 e. The highest BCUT2D eigenvalue weighted by Crippen LogP contribution is 2.31. The predicted octanol–water partition coefficient (Wildman–Crippen LogP) is 2.43. The molecule has 1 heterocycles. The van der Waals surface area contributed by atoms with E-state index in [0.717, 1.165) is 6.08 Å². The van der Waals surface area contributed by atoms with Crippen molar-refractivity contribution in [3.63, 3.8) is 0 Å². The fraction of sp³-hybridized carbons (Fsp3) is 0.143. The summed E-state index contributed by atoms with van der Waals surface area (Å²) in [5.41, 5.74) is 0.623. The number of carbonyl (C=O) groups excluding carboxylic acids is 1. The minimum atomic E-state index is -1.97. The zero-order chi connectivity index (χ0) is 21.7. The summed E-state index contributed by atoms with van der Waals surface area (Å²) >= 11 is 0. The molecule has 0 bridgehead atoms. The van der Waals surface area contributed by atoms with Gasteiger partial charge in [0.2, 0.25) is 5.79 Å². The van der Waals surface area contributed by atoms with E-state index in [0.29, 0.717) is 11.1 Å². The molecule has 1 unspecified atom stereocenters. The summed E-state index contributed by atoms with van der Waals surface area (Å²) in [7, 11) is 0. The molecule has 9 nitrogen and oxygen atoms in total. The van der Waals surface area contributed by atoms with E-state index in [1.54, 1.807) is 36.4 Å². The molecular weight excluding hydrogens is 390 g/mol. The lowest BCUT2D eigenvalue weighted by molar-refractivity contribution is -0.206. The van der Waals surface area contributed by atoms with Crippen molar-refractivity contribution in [1.82, 2.24) is 15.0 Å². The molecule has 1 aromatic heterocycles. The van der Waals surface area contributed by atoms with Crippen LogP contribution in [0.25, 0.3) is 22.8 Å². The molecule has 3 rings (SSSR count). The molecular formula is C21H19N3O6. The lowest BCUT2D eigenvalue weighted by atomic mass is 10.1. The van der Waals surface area contributed by atoms with Crippen LogP contribution in [0.15, 0.2) is 61.2 Å². The van der Waals surface area contributed by atoms with E-state index in [4.69, 9.17) is 9.47 Å². The Morgan fingerprint density at radius 2 is 1.50 bits per heavy atom. The van der Waals surface area contributed by atoms with Crippen LogP contribution in [-0.4, -0.2) is 48.6 Å². The van der Waals surface area contributed by atoms with Gasteiger partial charge in [-0.2, -0.15) is 9.97 Å². The van der Waals surface area contributed by atoms with E-state index < -0.39 is 18.4 Å². The van der Waals surface area contributed by atoms with E-state index in [1.165, 1.54) is 19.1 Å². The Morgan fingerprint density at radius 3 is 1.97 bits per heavy atom. The molecule has 0 saturated heterocycles. The molecule has 2 aromatic carbocycles. The quantitative estimate of drug-likeness (QED) is 0.305. The fourth-order valence-corrected chi connectivity index (χ4v) is 2.47. The van der Waals surface area contributed by atoms with Gasteiger partial charge < -0.3 is 24.8 Å². The smallest absolute Gasteiger partial charge is 0.332 e. The third kappa shape index (κ3) is 4.89. The number of esters is 1. The van der Waals surface area contributed by atoms with Crippen LogP contribution in [0.3, 0.4) is 0 Å². The largest absolute Gasteiger partial charge is 0.507 e. The Labute approximate surface area is 171 Å². The monoisotopic (exact) mass is 409 g/mol. The molecule has 30 heavy (non-hydrogen) atoms. The second kappa shape index (κ2) is 8.58. The zero-order valence-corrected chi connectivity index (χ0v) is 16.0. The Hall–Kier alpha value is -3.98. The Kier molecular flexibility index (Phi) is 5.93. The molecule has 0 spiro atoms. The van der Waals surface area contributed by atoms with Gasteiger partial charge in [0, 0.05) is 13.0 Å². The first-order chi connectivity index (χ1) is 14.3. The number of aromatic hydroxyl groups is 2. The molecule has 0 saturated carbocycles. The van der Waals surface area contributed by atoms with Crippen molar-refractivity contribution in [1.29, 1.82) is 0 Å². The van der Waals surface area contributed by atoms with Gasteiger partial charge in [-0.25, -0.2) is 9.78 Å². The summed E-state index contributed by atoms with van der Waals surface area (Å²) in [6, 6.07) is 12.6. The normalized spacial score (nSPS) is 12.6. The van der Waals surface area contributed by atoms with Crippen LogP contribution in [0.4, 0.5) is 0 Å². The maximum atomic E-state index is 11.3. The maximum absolute atomic E-state index is 11.3. The first kappa shape index (κ1) is 20.7. The van der Waals surface area contributed by atoms with E-state index in [1.807, 2.05) is 0 Å². The number of phenols is 2. The molecule has 0 aliphatic rings. The summed E-state index contributed by atoms with van der Waals surface area (Å²) in [6.45, 7) is 4.00. The highest BCUT2D eigenvalue weighted by Gasteiger charge is 2.27. The van der Waals surface area contributed by atoms with Crippen molar-refractivity contribution in [2.75, 3.05) is 6.61 Å². The summed E-state index contributed by atoms with van der Waals surface area (Å²) in [5.74, 6) is -2.76. The summed E-state index contributed by atoms with van der Waals surface area (Å²) in [6.07, 6.45) is 0.907. The minimum Gasteiger partial charge on any atom is -0.507 e. The summed E-state index contributed by atoms with van der Waals surface area (Å²) < 4.78 is 10.2. The van der Waals surface area contributed by atoms with Crippen molar-refractivity contribution >= 4 is 5.97 Å². The molecule has 0 amide bonds. The topological polar surface area (TPSA) is 135 Å². The molecule has 0 aliphatic carbocycles. The van der Waals surface area contributed by atoms with Crippen LogP contribution in [0.2, 0.25) is 0 Å². The average molecular weight is 409 g/mol. The highest BCUT2D eigenvalue weighted by molar-refractivity contribution is 5.81. The van der Waals surface area contributed by atoms with E-state index in [-0.39, 0.29) is 29.2 Å². The van der Waals surface area contributed by atoms with E-state index in [9.17, 15) is 20.1 Å². The SMILES string of the molecule is C=CC(=O)OC(C)(O)COc1nc(-c2ccccc2O)nc(-c2ccccc2O)n1. The van der Waals surface area contributed by atoms with Crippen LogP contribution in [0.1, 0.15) is 6.92 Å². The molecule has 154 valence electrons. The summed E-state index contributed by atoms with van der Waals surface area (Å²) in [4.78, 5) is 24.0. The number of ether oxygens (including phenoxy) is 2. The van der Waals surface area contributed by atoms with Gasteiger partial charge >= 0.3 is 12.0 Å². The molecule has 1 atom stereocenters. The van der Waals surface area contributed by atoms with Crippen LogP contribution >= 0.6 is 0 Å². The lowest BCUT2D eigenvalue weighted by Crippen LogP contribution is -2.37. The lowest BCUT2D eigenvalue weighted by Gasteiger charge is -2.22. The van der Waals surface area contributed by atoms with Gasteiger partial charge in [-0.05, 0) is 24.3 Å². The van der Waals surface area contributed by atoms with Crippen molar-refractivity contribution < 1.29 is 29.6 Å². The molecule has 3 N–H and O–H groups in total. The molecule has 3 aromatic rings. The number of rotatable bonds is 7. The van der Waals surface area contributed by atoms with Gasteiger partial charge in [0.25, 0.3) is 0 Å².